The summed E-state index contributed by atoms with van der Waals surface area (Å²) in [6.45, 7) is 6.54. The van der Waals surface area contributed by atoms with Crippen molar-refractivity contribution in [3.8, 4) is 0 Å². The van der Waals surface area contributed by atoms with E-state index in [0.29, 0.717) is 6.54 Å². The van der Waals surface area contributed by atoms with E-state index in [-0.39, 0.29) is 17.5 Å². The summed E-state index contributed by atoms with van der Waals surface area (Å²) >= 11 is 0. The molecule has 0 saturated heterocycles. The van der Waals surface area contributed by atoms with E-state index in [1.165, 1.54) is 12.4 Å². The van der Waals surface area contributed by atoms with Crippen LogP contribution < -0.4 is 5.32 Å². The fourth-order valence-corrected chi connectivity index (χ4v) is 2.37. The summed E-state index contributed by atoms with van der Waals surface area (Å²) in [7, 11) is 0. The van der Waals surface area contributed by atoms with Gasteiger partial charge in [0.15, 0.2) is 0 Å². The van der Waals surface area contributed by atoms with Gasteiger partial charge < -0.3 is 5.32 Å². The summed E-state index contributed by atoms with van der Waals surface area (Å²) in [6, 6.07) is 0.744. The number of alkyl halides is 3. The second-order valence-electron chi connectivity index (χ2n) is 4.76. The molecule has 2 unspecified atom stereocenters. The van der Waals surface area contributed by atoms with Gasteiger partial charge in [-0.25, -0.2) is 0 Å². The number of hydrogen-bond donors (Lipinski definition) is 1. The van der Waals surface area contributed by atoms with E-state index in [0.717, 1.165) is 18.9 Å². The molecule has 1 aromatic heterocycles. The van der Waals surface area contributed by atoms with Gasteiger partial charge in [-0.1, -0.05) is 27.2 Å². The van der Waals surface area contributed by atoms with Gasteiger partial charge in [0.1, 0.15) is 0 Å². The predicted molar refractivity (Wildman–Crippen MR) is 69.7 cm³/mol. The third-order valence-corrected chi connectivity index (χ3v) is 3.23. The van der Waals surface area contributed by atoms with Gasteiger partial charge >= 0.3 is 6.18 Å². The molecule has 0 aliphatic carbocycles. The highest BCUT2D eigenvalue weighted by molar-refractivity contribution is 5.29. The van der Waals surface area contributed by atoms with Crippen molar-refractivity contribution >= 4 is 0 Å². The molecule has 1 rings (SSSR count). The Morgan fingerprint density at radius 1 is 1.32 bits per heavy atom. The lowest BCUT2D eigenvalue weighted by Gasteiger charge is -2.27. The van der Waals surface area contributed by atoms with Gasteiger partial charge in [-0.3, -0.25) is 4.98 Å². The number of halogens is 3. The Balaban J connectivity index is 3.15. The standard InChI is InChI=1S/C14H21F3N2/c1-4-6-10(3)13(19-5-2)11-9-18-8-7-12(11)14(15,16)17/h7-10,13,19H,4-6H2,1-3H3. The van der Waals surface area contributed by atoms with Crippen molar-refractivity contribution in [3.63, 3.8) is 0 Å². The molecule has 1 N–H and O–H groups in total. The third-order valence-electron chi connectivity index (χ3n) is 3.23. The SMILES string of the molecule is CCCC(C)C(NCC)c1cnccc1C(F)(F)F. The molecule has 0 amide bonds. The smallest absolute Gasteiger partial charge is 0.310 e. The molecule has 1 heterocycles. The summed E-state index contributed by atoms with van der Waals surface area (Å²) in [4.78, 5) is 3.86. The lowest BCUT2D eigenvalue weighted by molar-refractivity contribution is -0.138. The van der Waals surface area contributed by atoms with Crippen LogP contribution in [0.1, 0.15) is 50.8 Å². The maximum absolute atomic E-state index is 13.0. The van der Waals surface area contributed by atoms with Crippen LogP contribution in [0.25, 0.3) is 0 Å². The summed E-state index contributed by atoms with van der Waals surface area (Å²) in [5, 5.41) is 3.16. The lowest BCUT2D eigenvalue weighted by atomic mass is 9.89. The first kappa shape index (κ1) is 16.0. The van der Waals surface area contributed by atoms with Crippen molar-refractivity contribution in [2.45, 2.75) is 45.8 Å². The van der Waals surface area contributed by atoms with E-state index in [1.807, 2.05) is 20.8 Å². The van der Waals surface area contributed by atoms with E-state index in [2.05, 4.69) is 10.3 Å². The maximum Gasteiger partial charge on any atom is 0.416 e. The Morgan fingerprint density at radius 2 is 2.00 bits per heavy atom. The highest BCUT2D eigenvalue weighted by atomic mass is 19.4. The second kappa shape index (κ2) is 6.89. The Labute approximate surface area is 112 Å². The van der Waals surface area contributed by atoms with Gasteiger partial charge in [-0.2, -0.15) is 13.2 Å². The molecule has 0 aliphatic rings. The monoisotopic (exact) mass is 274 g/mol. The molecule has 0 bridgehead atoms. The van der Waals surface area contributed by atoms with E-state index in [4.69, 9.17) is 0 Å². The molecule has 0 radical (unpaired) electrons. The molecular formula is C14H21F3N2. The molecule has 2 atom stereocenters. The molecule has 0 aliphatic heterocycles. The number of pyridine rings is 1. The first-order valence-corrected chi connectivity index (χ1v) is 6.66. The quantitative estimate of drug-likeness (QED) is 0.841. The summed E-state index contributed by atoms with van der Waals surface area (Å²) < 4.78 is 39.1. The Bertz CT molecular complexity index is 391. The maximum atomic E-state index is 13.0. The van der Waals surface area contributed by atoms with Crippen molar-refractivity contribution in [1.29, 1.82) is 0 Å². The van der Waals surface area contributed by atoms with Crippen LogP contribution in [0.2, 0.25) is 0 Å². The molecular weight excluding hydrogens is 253 g/mol. The van der Waals surface area contributed by atoms with E-state index >= 15 is 0 Å². The number of hydrogen-bond acceptors (Lipinski definition) is 2. The molecule has 0 aromatic carbocycles. The van der Waals surface area contributed by atoms with Crippen molar-refractivity contribution in [2.75, 3.05) is 6.54 Å². The first-order valence-electron chi connectivity index (χ1n) is 6.66. The Kier molecular flexibility index (Phi) is 5.79. The van der Waals surface area contributed by atoms with Crippen LogP contribution in [0.4, 0.5) is 13.2 Å². The van der Waals surface area contributed by atoms with Crippen molar-refractivity contribution < 1.29 is 13.2 Å². The van der Waals surface area contributed by atoms with Gasteiger partial charge in [0.25, 0.3) is 0 Å². The second-order valence-corrected chi connectivity index (χ2v) is 4.76. The van der Waals surface area contributed by atoms with Gasteiger partial charge in [0.05, 0.1) is 5.56 Å². The number of nitrogens with zero attached hydrogens (tertiary/aromatic N) is 1. The minimum atomic E-state index is -4.34. The minimum absolute atomic E-state index is 0.134. The van der Waals surface area contributed by atoms with Gasteiger partial charge in [0.2, 0.25) is 0 Å². The topological polar surface area (TPSA) is 24.9 Å². The normalized spacial score (nSPS) is 15.3. The van der Waals surface area contributed by atoms with Crippen molar-refractivity contribution in [2.24, 2.45) is 5.92 Å². The molecule has 5 heteroatoms. The van der Waals surface area contributed by atoms with Crippen molar-refractivity contribution in [3.05, 3.63) is 29.6 Å². The molecule has 0 saturated carbocycles. The third kappa shape index (κ3) is 4.20. The van der Waals surface area contributed by atoms with Crippen LogP contribution in [0, 0.1) is 5.92 Å². The zero-order valence-electron chi connectivity index (χ0n) is 11.6. The van der Waals surface area contributed by atoms with Crippen molar-refractivity contribution in [1.82, 2.24) is 10.3 Å². The van der Waals surface area contributed by atoms with E-state index < -0.39 is 11.7 Å². The number of aromatic nitrogens is 1. The van der Waals surface area contributed by atoms with Crippen LogP contribution in [-0.2, 0) is 6.18 Å². The lowest BCUT2D eigenvalue weighted by Crippen LogP contribution is -2.29. The van der Waals surface area contributed by atoms with Crippen LogP contribution in [-0.4, -0.2) is 11.5 Å². The van der Waals surface area contributed by atoms with E-state index in [9.17, 15) is 13.2 Å². The number of nitrogens with one attached hydrogen (secondary N) is 1. The molecule has 2 nitrogen and oxygen atoms in total. The predicted octanol–water partition coefficient (Wildman–Crippen LogP) is 4.19. The van der Waals surface area contributed by atoms with E-state index in [1.54, 1.807) is 0 Å². The van der Waals surface area contributed by atoms with Gasteiger partial charge in [-0.05, 0) is 30.5 Å². The fourth-order valence-electron chi connectivity index (χ4n) is 2.37. The Morgan fingerprint density at radius 3 is 2.53 bits per heavy atom. The zero-order valence-corrected chi connectivity index (χ0v) is 11.6. The first-order chi connectivity index (χ1) is 8.91. The minimum Gasteiger partial charge on any atom is -0.310 e. The highest BCUT2D eigenvalue weighted by Gasteiger charge is 2.36. The van der Waals surface area contributed by atoms with Gasteiger partial charge in [-0.15, -0.1) is 0 Å². The highest BCUT2D eigenvalue weighted by Crippen LogP contribution is 2.36. The molecule has 0 spiro atoms. The van der Waals surface area contributed by atoms with Crippen LogP contribution >= 0.6 is 0 Å². The molecule has 1 aromatic rings. The van der Waals surface area contributed by atoms with Crippen LogP contribution in [0.3, 0.4) is 0 Å². The molecule has 19 heavy (non-hydrogen) atoms. The van der Waals surface area contributed by atoms with Gasteiger partial charge in [0, 0.05) is 18.4 Å². The molecule has 0 fully saturated rings. The average Bonchev–Trinajstić information content (AvgIpc) is 2.35. The summed E-state index contributed by atoms with van der Waals surface area (Å²) in [6.07, 6.45) is 0.0224. The average molecular weight is 274 g/mol. The van der Waals surface area contributed by atoms with Crippen LogP contribution in [0.15, 0.2) is 18.5 Å². The van der Waals surface area contributed by atoms with Crippen LogP contribution in [0.5, 0.6) is 0 Å². The summed E-state index contributed by atoms with van der Waals surface area (Å²) in [5.74, 6) is 0.134. The Hall–Kier alpha value is -1.10. The zero-order chi connectivity index (χ0) is 14.5. The molecule has 108 valence electrons. The summed E-state index contributed by atoms with van der Waals surface area (Å²) in [5.41, 5.74) is -0.339. The fraction of sp³-hybridized carbons (Fsp3) is 0.643. The largest absolute Gasteiger partial charge is 0.416 e. The number of rotatable bonds is 6.